The first-order valence-corrected chi connectivity index (χ1v) is 5.79. The smallest absolute Gasteiger partial charge is 0.164 e. The van der Waals surface area contributed by atoms with Crippen molar-refractivity contribution in [2.24, 2.45) is 0 Å². The van der Waals surface area contributed by atoms with Crippen molar-refractivity contribution in [3.8, 4) is 0 Å². The van der Waals surface area contributed by atoms with Crippen LogP contribution in [0.5, 0.6) is 0 Å². The zero-order valence-electron chi connectivity index (χ0n) is 6.21. The van der Waals surface area contributed by atoms with Gasteiger partial charge in [-0.05, 0) is 11.6 Å². The summed E-state index contributed by atoms with van der Waals surface area (Å²) in [5.74, 6) is 0. The Labute approximate surface area is 76.4 Å². The zero-order chi connectivity index (χ0) is 9.03. The lowest BCUT2D eigenvalue weighted by Crippen LogP contribution is -1.86. The van der Waals surface area contributed by atoms with Gasteiger partial charge in [0, 0.05) is 16.6 Å². The second-order valence-electron chi connectivity index (χ2n) is 2.23. The highest BCUT2D eigenvalue weighted by Crippen LogP contribution is 2.02. The van der Waals surface area contributed by atoms with E-state index in [-0.39, 0.29) is 0 Å². The summed E-state index contributed by atoms with van der Waals surface area (Å²) in [7, 11) is -3.17. The quantitative estimate of drug-likeness (QED) is 0.792. The van der Waals surface area contributed by atoms with Gasteiger partial charge in [-0.15, -0.1) is 0 Å². The molecule has 1 atom stereocenters. The Morgan fingerprint density at radius 2 is 1.92 bits per heavy atom. The minimum absolute atomic E-state index is 0.865. The predicted molar refractivity (Wildman–Crippen MR) is 53.6 cm³/mol. The van der Waals surface area contributed by atoms with Crippen molar-refractivity contribution in [1.82, 2.24) is 0 Å². The highest BCUT2D eigenvalue weighted by atomic mass is 32.8. The maximum Gasteiger partial charge on any atom is 0.164 e. The first-order valence-electron chi connectivity index (χ1n) is 3.28. The van der Waals surface area contributed by atoms with E-state index in [1.54, 1.807) is 0 Å². The van der Waals surface area contributed by atoms with Crippen molar-refractivity contribution in [2.45, 2.75) is 0 Å². The van der Waals surface area contributed by atoms with Gasteiger partial charge in [0.25, 0.3) is 0 Å². The van der Waals surface area contributed by atoms with E-state index >= 15 is 0 Å². The van der Waals surface area contributed by atoms with Crippen LogP contribution in [0.15, 0.2) is 35.7 Å². The SMILES string of the molecule is O=S(O)(=S)C=Cc1ccccc1. The molecule has 4 heteroatoms. The number of hydrogen-bond donors (Lipinski definition) is 1. The highest BCUT2D eigenvalue weighted by molar-refractivity contribution is 8.31. The third-order valence-corrected chi connectivity index (χ3v) is 2.05. The van der Waals surface area contributed by atoms with Gasteiger partial charge in [0.05, 0.1) is 0 Å². The number of benzene rings is 1. The molecule has 0 saturated heterocycles. The standard InChI is InChI=1S/C8H8O2S2/c9-12(10,11)7-6-8-4-2-1-3-5-8/h1-7H,(H,9,10,11). The molecule has 1 aromatic carbocycles. The van der Waals surface area contributed by atoms with E-state index in [1.807, 2.05) is 30.3 Å². The highest BCUT2D eigenvalue weighted by Gasteiger charge is 1.90. The molecule has 2 nitrogen and oxygen atoms in total. The molecule has 0 bridgehead atoms. The lowest BCUT2D eigenvalue weighted by molar-refractivity contribution is 0.572. The molecule has 64 valence electrons. The Hall–Kier alpha value is -0.710. The van der Waals surface area contributed by atoms with Crippen LogP contribution in [0, 0.1) is 0 Å². The van der Waals surface area contributed by atoms with E-state index in [2.05, 4.69) is 11.2 Å². The van der Waals surface area contributed by atoms with Gasteiger partial charge in [0.1, 0.15) is 0 Å². The third kappa shape index (κ3) is 3.61. The Kier molecular flexibility index (Phi) is 2.97. The number of rotatable bonds is 2. The lowest BCUT2D eigenvalue weighted by Gasteiger charge is -1.90. The van der Waals surface area contributed by atoms with Crippen molar-refractivity contribution < 1.29 is 8.76 Å². The molecule has 1 aromatic rings. The molecular weight excluding hydrogens is 192 g/mol. The summed E-state index contributed by atoms with van der Waals surface area (Å²) in [5, 5.41) is 1.12. The lowest BCUT2D eigenvalue weighted by atomic mass is 10.2. The molecule has 0 aliphatic heterocycles. The summed E-state index contributed by atoms with van der Waals surface area (Å²) in [6.07, 6.45) is 1.54. The Bertz CT molecular complexity index is 365. The van der Waals surface area contributed by atoms with Gasteiger partial charge in [-0.3, -0.25) is 0 Å². The van der Waals surface area contributed by atoms with E-state index in [9.17, 15) is 4.21 Å². The minimum atomic E-state index is -3.17. The molecule has 0 saturated carbocycles. The molecular formula is C8H8O2S2. The van der Waals surface area contributed by atoms with Crippen molar-refractivity contribution in [2.75, 3.05) is 0 Å². The second kappa shape index (κ2) is 3.80. The third-order valence-electron chi connectivity index (χ3n) is 1.23. The summed E-state index contributed by atoms with van der Waals surface area (Å²) in [4.78, 5) is 0. The van der Waals surface area contributed by atoms with E-state index in [4.69, 9.17) is 4.55 Å². The van der Waals surface area contributed by atoms with Gasteiger partial charge in [0.2, 0.25) is 0 Å². The maximum atomic E-state index is 10.6. The van der Waals surface area contributed by atoms with Gasteiger partial charge in [-0.2, -0.15) is 0 Å². The summed E-state index contributed by atoms with van der Waals surface area (Å²) in [6.45, 7) is 0. The van der Waals surface area contributed by atoms with Crippen molar-refractivity contribution in [1.29, 1.82) is 0 Å². The fraction of sp³-hybridized carbons (Fsp3) is 0. The van der Waals surface area contributed by atoms with Gasteiger partial charge < -0.3 is 4.55 Å². The zero-order valence-corrected chi connectivity index (χ0v) is 7.85. The van der Waals surface area contributed by atoms with Crippen LogP contribution in [0.1, 0.15) is 5.56 Å². The fourth-order valence-corrected chi connectivity index (χ4v) is 1.22. The average molecular weight is 200 g/mol. The summed E-state index contributed by atoms with van der Waals surface area (Å²) >= 11 is 4.28. The van der Waals surface area contributed by atoms with Crippen LogP contribution in [-0.2, 0) is 20.0 Å². The fourth-order valence-electron chi connectivity index (χ4n) is 0.729. The van der Waals surface area contributed by atoms with E-state index < -0.39 is 8.77 Å². The predicted octanol–water partition coefficient (Wildman–Crippen LogP) is 1.88. The molecule has 0 aliphatic rings. The monoisotopic (exact) mass is 200 g/mol. The van der Waals surface area contributed by atoms with Crippen LogP contribution in [0.2, 0.25) is 0 Å². The van der Waals surface area contributed by atoms with Gasteiger partial charge >= 0.3 is 0 Å². The van der Waals surface area contributed by atoms with Crippen LogP contribution in [-0.4, -0.2) is 8.76 Å². The molecule has 0 aliphatic carbocycles. The summed E-state index contributed by atoms with van der Waals surface area (Å²) in [6, 6.07) is 9.24. The average Bonchev–Trinajstić information content (AvgIpc) is 2.02. The van der Waals surface area contributed by atoms with Crippen LogP contribution in [0.25, 0.3) is 6.08 Å². The van der Waals surface area contributed by atoms with E-state index in [0.717, 1.165) is 11.0 Å². The van der Waals surface area contributed by atoms with Crippen molar-refractivity contribution >= 4 is 26.0 Å². The second-order valence-corrected chi connectivity index (χ2v) is 4.96. The molecule has 0 heterocycles. The maximum absolute atomic E-state index is 10.6. The van der Waals surface area contributed by atoms with E-state index in [0.29, 0.717) is 0 Å². The van der Waals surface area contributed by atoms with Crippen molar-refractivity contribution in [3.63, 3.8) is 0 Å². The van der Waals surface area contributed by atoms with E-state index in [1.165, 1.54) is 6.08 Å². The first kappa shape index (κ1) is 9.38. The molecule has 0 radical (unpaired) electrons. The summed E-state index contributed by atoms with van der Waals surface area (Å²) < 4.78 is 19.4. The molecule has 0 spiro atoms. The Balaban J connectivity index is 2.85. The molecule has 12 heavy (non-hydrogen) atoms. The number of hydrogen-bond acceptors (Lipinski definition) is 2. The van der Waals surface area contributed by atoms with Gasteiger partial charge in [-0.25, -0.2) is 4.21 Å². The van der Waals surface area contributed by atoms with Gasteiger partial charge in [-0.1, -0.05) is 30.3 Å². The molecule has 0 aromatic heterocycles. The normalized spacial score (nSPS) is 16.1. The first-order chi connectivity index (χ1) is 5.58. The van der Waals surface area contributed by atoms with Crippen LogP contribution in [0.3, 0.4) is 0 Å². The topological polar surface area (TPSA) is 37.3 Å². The largest absolute Gasteiger partial charge is 0.302 e. The molecule has 1 N–H and O–H groups in total. The van der Waals surface area contributed by atoms with Crippen LogP contribution < -0.4 is 0 Å². The molecule has 1 rings (SSSR count). The van der Waals surface area contributed by atoms with Gasteiger partial charge in [0.15, 0.2) is 8.77 Å². The van der Waals surface area contributed by atoms with Crippen LogP contribution in [0.4, 0.5) is 0 Å². The van der Waals surface area contributed by atoms with Crippen LogP contribution >= 0.6 is 0 Å². The molecule has 0 amide bonds. The summed E-state index contributed by atoms with van der Waals surface area (Å²) in [5.41, 5.74) is 0.865. The minimum Gasteiger partial charge on any atom is -0.302 e. The Morgan fingerprint density at radius 3 is 2.42 bits per heavy atom. The molecule has 1 unspecified atom stereocenters. The molecule has 0 fully saturated rings. The Morgan fingerprint density at radius 1 is 1.33 bits per heavy atom. The van der Waals surface area contributed by atoms with Crippen molar-refractivity contribution in [3.05, 3.63) is 41.3 Å².